The Kier molecular flexibility index (Phi) is 9.08. The van der Waals surface area contributed by atoms with Gasteiger partial charge in [0.15, 0.2) is 8.32 Å². The van der Waals surface area contributed by atoms with Crippen LogP contribution in [0.25, 0.3) is 0 Å². The largest absolute Gasteiger partial charge is 0.417 e. The number of fused-ring (bicyclic) bond motifs is 1. The van der Waals surface area contributed by atoms with E-state index in [4.69, 9.17) is 4.43 Å². The summed E-state index contributed by atoms with van der Waals surface area (Å²) >= 11 is 0. The minimum atomic E-state index is -1.86. The summed E-state index contributed by atoms with van der Waals surface area (Å²) in [5.41, 5.74) is 0.386. The number of carbonyl (C=O) groups is 1. The molecular formula is C30H55NO3Si. The standard InChI is InChI=1S/C30H55NO3Si/c1-9-10-13-27(33)31-20-24-25-12-11-16-29(25,5)17-15-26(24)30(6)18-14-23(32)19-22(30)21-34-35(7,8)28(2,3)4/h11,16,22-26,32H,9-10,12-15,17-21H2,1-8H3,(H,31,33)/t22-,23+,24+,25+,26+,29+,30+/m1/s1. The van der Waals surface area contributed by atoms with E-state index in [9.17, 15) is 9.90 Å². The summed E-state index contributed by atoms with van der Waals surface area (Å²) in [7, 11) is -1.86. The van der Waals surface area contributed by atoms with Gasteiger partial charge in [0.25, 0.3) is 0 Å². The number of rotatable bonds is 9. The highest BCUT2D eigenvalue weighted by Gasteiger charge is 2.55. The predicted molar refractivity (Wildman–Crippen MR) is 149 cm³/mol. The van der Waals surface area contributed by atoms with Gasteiger partial charge in [0.1, 0.15) is 0 Å². The molecule has 0 unspecified atom stereocenters. The van der Waals surface area contributed by atoms with E-state index in [1.54, 1.807) is 0 Å². The molecule has 0 aliphatic heterocycles. The van der Waals surface area contributed by atoms with Crippen LogP contribution in [0.3, 0.4) is 0 Å². The molecule has 0 aromatic carbocycles. The van der Waals surface area contributed by atoms with Crippen molar-refractivity contribution in [3.05, 3.63) is 12.2 Å². The second-order valence-corrected chi connectivity index (χ2v) is 19.0. The highest BCUT2D eigenvalue weighted by molar-refractivity contribution is 6.74. The summed E-state index contributed by atoms with van der Waals surface area (Å²) in [4.78, 5) is 12.6. The van der Waals surface area contributed by atoms with E-state index < -0.39 is 8.32 Å². The first kappa shape index (κ1) is 28.9. The minimum absolute atomic E-state index is 0.129. The van der Waals surface area contributed by atoms with Crippen LogP contribution in [-0.2, 0) is 9.22 Å². The van der Waals surface area contributed by atoms with Crippen molar-refractivity contribution < 1.29 is 14.3 Å². The third-order valence-corrected chi connectivity index (χ3v) is 15.4. The zero-order chi connectivity index (χ0) is 26.1. The van der Waals surface area contributed by atoms with Crippen LogP contribution >= 0.6 is 0 Å². The van der Waals surface area contributed by atoms with Crippen molar-refractivity contribution in [2.24, 2.45) is 34.5 Å². The lowest BCUT2D eigenvalue weighted by Gasteiger charge is -2.57. The minimum Gasteiger partial charge on any atom is -0.417 e. The number of amides is 1. The maximum absolute atomic E-state index is 12.6. The topological polar surface area (TPSA) is 58.6 Å². The molecule has 0 aromatic rings. The average Bonchev–Trinajstić information content (AvgIpc) is 3.17. The Bertz CT molecular complexity index is 759. The Morgan fingerprint density at radius 2 is 1.89 bits per heavy atom. The van der Waals surface area contributed by atoms with Gasteiger partial charge in [-0.3, -0.25) is 4.79 Å². The van der Waals surface area contributed by atoms with E-state index in [-0.39, 0.29) is 27.9 Å². The fraction of sp³-hybridized carbons (Fsp3) is 0.900. The monoisotopic (exact) mass is 505 g/mol. The van der Waals surface area contributed by atoms with Crippen LogP contribution in [-0.4, -0.2) is 38.6 Å². The highest BCUT2D eigenvalue weighted by Crippen LogP contribution is 2.60. The van der Waals surface area contributed by atoms with Crippen molar-refractivity contribution >= 4 is 14.2 Å². The van der Waals surface area contributed by atoms with Crippen LogP contribution in [0.4, 0.5) is 0 Å². The molecule has 2 saturated carbocycles. The Labute approximate surface area is 217 Å². The summed E-state index contributed by atoms with van der Waals surface area (Å²) in [5, 5.41) is 14.3. The van der Waals surface area contributed by atoms with Gasteiger partial charge in [-0.15, -0.1) is 0 Å². The third-order valence-electron chi connectivity index (χ3n) is 10.9. The summed E-state index contributed by atoms with van der Waals surface area (Å²) in [5.74, 6) is 2.20. The second kappa shape index (κ2) is 11.0. The van der Waals surface area contributed by atoms with E-state index in [1.807, 2.05) is 0 Å². The van der Waals surface area contributed by atoms with Crippen LogP contribution < -0.4 is 5.32 Å². The van der Waals surface area contributed by atoms with Crippen molar-refractivity contribution in [2.75, 3.05) is 13.2 Å². The first-order valence-corrected chi connectivity index (χ1v) is 17.4. The smallest absolute Gasteiger partial charge is 0.220 e. The third kappa shape index (κ3) is 6.26. The second-order valence-electron chi connectivity index (χ2n) is 14.2. The van der Waals surface area contributed by atoms with Crippen LogP contribution in [0.15, 0.2) is 12.2 Å². The molecule has 3 aliphatic carbocycles. The molecule has 0 saturated heterocycles. The molecule has 3 aliphatic rings. The fourth-order valence-electron chi connectivity index (χ4n) is 7.20. The number of allylic oxidation sites excluding steroid dienone is 2. The number of carbonyl (C=O) groups excluding carboxylic acids is 1. The highest BCUT2D eigenvalue weighted by atomic mass is 28.4. The number of nitrogens with one attached hydrogen (secondary N) is 1. The number of aliphatic hydroxyl groups is 1. The van der Waals surface area contributed by atoms with Crippen molar-refractivity contribution in [3.8, 4) is 0 Å². The normalized spacial score (nSPS) is 37.8. The lowest BCUT2D eigenvalue weighted by Crippen LogP contribution is -2.54. The predicted octanol–water partition coefficient (Wildman–Crippen LogP) is 7.09. The molecule has 202 valence electrons. The zero-order valence-electron chi connectivity index (χ0n) is 24.1. The Hall–Kier alpha value is -0.653. The van der Waals surface area contributed by atoms with E-state index >= 15 is 0 Å². The van der Waals surface area contributed by atoms with Gasteiger partial charge in [0.2, 0.25) is 5.91 Å². The average molecular weight is 506 g/mol. The van der Waals surface area contributed by atoms with Crippen LogP contribution in [0.2, 0.25) is 18.1 Å². The molecule has 1 amide bonds. The first-order chi connectivity index (χ1) is 16.2. The molecule has 0 heterocycles. The van der Waals surface area contributed by atoms with E-state index in [1.165, 1.54) is 12.8 Å². The molecule has 0 radical (unpaired) electrons. The van der Waals surface area contributed by atoms with Gasteiger partial charge >= 0.3 is 0 Å². The summed E-state index contributed by atoms with van der Waals surface area (Å²) in [6.07, 6.45) is 13.7. The summed E-state index contributed by atoms with van der Waals surface area (Å²) in [6, 6.07) is 0. The molecule has 0 bridgehead atoms. The molecule has 2 N–H and O–H groups in total. The number of unbranched alkanes of at least 4 members (excludes halogenated alkanes) is 1. The molecule has 2 fully saturated rings. The molecular weight excluding hydrogens is 450 g/mol. The fourth-order valence-corrected chi connectivity index (χ4v) is 8.25. The van der Waals surface area contributed by atoms with Crippen LogP contribution in [0.5, 0.6) is 0 Å². The lowest BCUT2D eigenvalue weighted by molar-refractivity contribution is -0.123. The van der Waals surface area contributed by atoms with Gasteiger partial charge < -0.3 is 14.8 Å². The molecule has 0 spiro atoms. The van der Waals surface area contributed by atoms with E-state index in [0.29, 0.717) is 30.1 Å². The van der Waals surface area contributed by atoms with Crippen molar-refractivity contribution in [2.45, 2.75) is 124 Å². The number of aliphatic hydroxyl groups excluding tert-OH is 1. The Balaban J connectivity index is 1.84. The lowest BCUT2D eigenvalue weighted by atomic mass is 9.49. The first-order valence-electron chi connectivity index (χ1n) is 14.5. The van der Waals surface area contributed by atoms with Gasteiger partial charge in [-0.05, 0) is 97.6 Å². The maximum atomic E-state index is 12.6. The van der Waals surface area contributed by atoms with Crippen molar-refractivity contribution in [1.29, 1.82) is 0 Å². The summed E-state index contributed by atoms with van der Waals surface area (Å²) < 4.78 is 6.80. The molecule has 5 heteroatoms. The molecule has 0 aromatic heterocycles. The van der Waals surface area contributed by atoms with E-state index in [0.717, 1.165) is 51.7 Å². The SMILES string of the molecule is CCCCC(=O)NC[C@@H]1[C@@H]([C@@]2(C)CC[C@H](O)C[C@@H]2CO[Si](C)(C)C(C)(C)C)CC[C@]2(C)C=CC[C@@H]12. The Morgan fingerprint density at radius 1 is 1.17 bits per heavy atom. The zero-order valence-corrected chi connectivity index (χ0v) is 25.1. The Morgan fingerprint density at radius 3 is 2.54 bits per heavy atom. The molecule has 4 nitrogen and oxygen atoms in total. The molecule has 35 heavy (non-hydrogen) atoms. The maximum Gasteiger partial charge on any atom is 0.220 e. The van der Waals surface area contributed by atoms with E-state index in [2.05, 4.69) is 72.1 Å². The number of hydrogen-bond donors (Lipinski definition) is 2. The van der Waals surface area contributed by atoms with Gasteiger partial charge in [-0.2, -0.15) is 0 Å². The van der Waals surface area contributed by atoms with Gasteiger partial charge in [0, 0.05) is 19.6 Å². The summed E-state index contributed by atoms with van der Waals surface area (Å²) in [6.45, 7) is 20.2. The van der Waals surface area contributed by atoms with Gasteiger partial charge in [-0.1, -0.05) is 60.1 Å². The van der Waals surface area contributed by atoms with Crippen molar-refractivity contribution in [3.63, 3.8) is 0 Å². The van der Waals surface area contributed by atoms with Gasteiger partial charge in [0.05, 0.1) is 6.10 Å². The molecule has 3 rings (SSSR count). The van der Waals surface area contributed by atoms with Crippen molar-refractivity contribution in [1.82, 2.24) is 5.32 Å². The van der Waals surface area contributed by atoms with Gasteiger partial charge in [-0.25, -0.2) is 0 Å². The number of hydrogen-bond acceptors (Lipinski definition) is 3. The molecule has 7 atom stereocenters. The van der Waals surface area contributed by atoms with Crippen LogP contribution in [0, 0.1) is 34.5 Å². The van der Waals surface area contributed by atoms with Crippen LogP contribution in [0.1, 0.15) is 99.3 Å². The quantitative estimate of drug-likeness (QED) is 0.260.